The molecule has 1 fully saturated rings. The van der Waals surface area contributed by atoms with Crippen molar-refractivity contribution in [1.29, 1.82) is 0 Å². The van der Waals surface area contributed by atoms with Gasteiger partial charge in [-0.15, -0.1) is 0 Å². The lowest BCUT2D eigenvalue weighted by molar-refractivity contribution is 0.144. The molecule has 1 atom stereocenters. The standard InChI is InChI=1S/C18H30N2O2/c1-3-22-14-4-11-19-15(2)16-5-7-17(8-6-16)20-12-9-18(21)10-13-20/h5-8,15,18-19,21H,3-4,9-14H2,1-2H3. The Kier molecular flexibility index (Phi) is 7.16. The van der Waals surface area contributed by atoms with Crippen LogP contribution in [0.1, 0.15) is 44.7 Å². The number of aliphatic hydroxyl groups excluding tert-OH is 1. The van der Waals surface area contributed by atoms with Crippen molar-refractivity contribution in [3.63, 3.8) is 0 Å². The second-order valence-electron chi connectivity index (χ2n) is 6.04. The molecule has 0 radical (unpaired) electrons. The zero-order valence-corrected chi connectivity index (χ0v) is 13.9. The van der Waals surface area contributed by atoms with Gasteiger partial charge in [-0.3, -0.25) is 0 Å². The molecule has 22 heavy (non-hydrogen) atoms. The molecule has 0 aromatic heterocycles. The normalized spacial score (nSPS) is 17.7. The summed E-state index contributed by atoms with van der Waals surface area (Å²) in [6.45, 7) is 8.73. The third kappa shape index (κ3) is 5.27. The first kappa shape index (κ1) is 17.3. The molecule has 0 saturated carbocycles. The van der Waals surface area contributed by atoms with Crippen LogP contribution in [0.2, 0.25) is 0 Å². The van der Waals surface area contributed by atoms with Crippen molar-refractivity contribution in [1.82, 2.24) is 5.32 Å². The summed E-state index contributed by atoms with van der Waals surface area (Å²) in [6, 6.07) is 9.18. The molecule has 0 amide bonds. The summed E-state index contributed by atoms with van der Waals surface area (Å²) in [5, 5.41) is 13.1. The Morgan fingerprint density at radius 1 is 1.27 bits per heavy atom. The second-order valence-corrected chi connectivity index (χ2v) is 6.04. The highest BCUT2D eigenvalue weighted by Gasteiger charge is 2.17. The third-order valence-corrected chi connectivity index (χ3v) is 4.34. The predicted molar refractivity (Wildman–Crippen MR) is 91.4 cm³/mol. The fourth-order valence-corrected chi connectivity index (χ4v) is 2.85. The number of hydrogen-bond donors (Lipinski definition) is 2. The van der Waals surface area contributed by atoms with E-state index in [1.54, 1.807) is 0 Å². The minimum atomic E-state index is -0.114. The van der Waals surface area contributed by atoms with Crippen LogP contribution >= 0.6 is 0 Å². The molecule has 0 bridgehead atoms. The summed E-state index contributed by atoms with van der Waals surface area (Å²) in [5.41, 5.74) is 2.58. The zero-order valence-electron chi connectivity index (χ0n) is 13.9. The minimum Gasteiger partial charge on any atom is -0.393 e. The van der Waals surface area contributed by atoms with Crippen LogP contribution in [0.5, 0.6) is 0 Å². The molecule has 1 aromatic carbocycles. The van der Waals surface area contributed by atoms with Crippen LogP contribution in [0.4, 0.5) is 5.69 Å². The fourth-order valence-electron chi connectivity index (χ4n) is 2.85. The molecule has 1 heterocycles. The molecule has 1 saturated heterocycles. The minimum absolute atomic E-state index is 0.114. The third-order valence-electron chi connectivity index (χ3n) is 4.34. The Morgan fingerprint density at radius 3 is 2.59 bits per heavy atom. The average molecular weight is 306 g/mol. The maximum absolute atomic E-state index is 9.58. The van der Waals surface area contributed by atoms with E-state index in [0.717, 1.165) is 52.1 Å². The van der Waals surface area contributed by atoms with Crippen LogP contribution < -0.4 is 10.2 Å². The molecule has 1 aromatic rings. The lowest BCUT2D eigenvalue weighted by Gasteiger charge is -2.31. The van der Waals surface area contributed by atoms with Gasteiger partial charge in [0.2, 0.25) is 0 Å². The van der Waals surface area contributed by atoms with Crippen molar-refractivity contribution < 1.29 is 9.84 Å². The average Bonchev–Trinajstić information content (AvgIpc) is 2.55. The van der Waals surface area contributed by atoms with Crippen molar-refractivity contribution in [2.45, 2.75) is 45.3 Å². The zero-order chi connectivity index (χ0) is 15.8. The summed E-state index contributed by atoms with van der Waals surface area (Å²) in [7, 11) is 0. The number of aliphatic hydroxyl groups is 1. The Bertz CT molecular complexity index is 414. The first-order valence-corrected chi connectivity index (χ1v) is 8.54. The number of nitrogens with one attached hydrogen (secondary N) is 1. The van der Waals surface area contributed by atoms with Gasteiger partial charge in [-0.05, 0) is 57.4 Å². The lowest BCUT2D eigenvalue weighted by atomic mass is 10.0. The van der Waals surface area contributed by atoms with E-state index in [9.17, 15) is 5.11 Å². The molecule has 0 aliphatic carbocycles. The number of rotatable bonds is 8. The van der Waals surface area contributed by atoms with Crippen LogP contribution in [0.25, 0.3) is 0 Å². The molecular formula is C18H30N2O2. The van der Waals surface area contributed by atoms with Crippen molar-refractivity contribution in [3.05, 3.63) is 29.8 Å². The van der Waals surface area contributed by atoms with E-state index in [2.05, 4.69) is 41.4 Å². The van der Waals surface area contributed by atoms with E-state index in [4.69, 9.17) is 4.74 Å². The smallest absolute Gasteiger partial charge is 0.0574 e. The van der Waals surface area contributed by atoms with Gasteiger partial charge in [0, 0.05) is 38.0 Å². The number of ether oxygens (including phenoxy) is 1. The highest BCUT2D eigenvalue weighted by Crippen LogP contribution is 2.22. The first-order chi connectivity index (χ1) is 10.7. The van der Waals surface area contributed by atoms with Gasteiger partial charge in [-0.25, -0.2) is 0 Å². The summed E-state index contributed by atoms with van der Waals surface area (Å²) in [6.07, 6.45) is 2.68. The highest BCUT2D eigenvalue weighted by molar-refractivity contribution is 5.48. The molecule has 1 unspecified atom stereocenters. The maximum Gasteiger partial charge on any atom is 0.0574 e. The molecular weight excluding hydrogens is 276 g/mol. The molecule has 0 spiro atoms. The highest BCUT2D eigenvalue weighted by atomic mass is 16.5. The van der Waals surface area contributed by atoms with Crippen LogP contribution in [0, 0.1) is 0 Å². The Labute approximate surface area is 134 Å². The summed E-state index contributed by atoms with van der Waals surface area (Å²) in [4.78, 5) is 2.36. The quantitative estimate of drug-likeness (QED) is 0.725. The number of piperidine rings is 1. The summed E-state index contributed by atoms with van der Waals surface area (Å²) in [5.74, 6) is 0. The Morgan fingerprint density at radius 2 is 1.95 bits per heavy atom. The van der Waals surface area contributed by atoms with Gasteiger partial charge in [0.1, 0.15) is 0 Å². The van der Waals surface area contributed by atoms with Gasteiger partial charge in [-0.1, -0.05) is 12.1 Å². The van der Waals surface area contributed by atoms with Crippen LogP contribution in [0.15, 0.2) is 24.3 Å². The molecule has 4 nitrogen and oxygen atoms in total. The Balaban J connectivity index is 1.78. The fraction of sp³-hybridized carbons (Fsp3) is 0.667. The summed E-state index contributed by atoms with van der Waals surface area (Å²) < 4.78 is 5.35. The van der Waals surface area contributed by atoms with Crippen molar-refractivity contribution >= 4 is 5.69 Å². The molecule has 2 N–H and O–H groups in total. The van der Waals surface area contributed by atoms with Crippen LogP contribution in [-0.4, -0.2) is 44.1 Å². The first-order valence-electron chi connectivity index (χ1n) is 8.54. The van der Waals surface area contributed by atoms with Gasteiger partial charge in [0.15, 0.2) is 0 Å². The van der Waals surface area contributed by atoms with Crippen molar-refractivity contribution in [2.24, 2.45) is 0 Å². The van der Waals surface area contributed by atoms with E-state index >= 15 is 0 Å². The second kappa shape index (κ2) is 9.13. The van der Waals surface area contributed by atoms with Crippen molar-refractivity contribution in [2.75, 3.05) is 37.7 Å². The van der Waals surface area contributed by atoms with Gasteiger partial charge in [0.25, 0.3) is 0 Å². The maximum atomic E-state index is 9.58. The molecule has 124 valence electrons. The van der Waals surface area contributed by atoms with Crippen LogP contribution in [0.3, 0.4) is 0 Å². The van der Waals surface area contributed by atoms with Crippen molar-refractivity contribution in [3.8, 4) is 0 Å². The number of benzene rings is 1. The Hall–Kier alpha value is -1.10. The monoisotopic (exact) mass is 306 g/mol. The van der Waals surface area contributed by atoms with E-state index in [0.29, 0.717) is 6.04 Å². The largest absolute Gasteiger partial charge is 0.393 e. The molecule has 4 heteroatoms. The number of hydrogen-bond acceptors (Lipinski definition) is 4. The summed E-state index contributed by atoms with van der Waals surface area (Å²) >= 11 is 0. The SMILES string of the molecule is CCOCCCNC(C)c1ccc(N2CCC(O)CC2)cc1. The van der Waals surface area contributed by atoms with E-state index in [1.807, 2.05) is 6.92 Å². The molecule has 2 rings (SSSR count). The number of anilines is 1. The van der Waals surface area contributed by atoms with E-state index in [1.165, 1.54) is 11.3 Å². The lowest BCUT2D eigenvalue weighted by Crippen LogP contribution is -2.35. The molecule has 1 aliphatic heterocycles. The van der Waals surface area contributed by atoms with E-state index < -0.39 is 0 Å². The van der Waals surface area contributed by atoms with Gasteiger partial charge in [-0.2, -0.15) is 0 Å². The van der Waals surface area contributed by atoms with Crippen LogP contribution in [-0.2, 0) is 4.74 Å². The van der Waals surface area contributed by atoms with Gasteiger partial charge >= 0.3 is 0 Å². The number of nitrogens with zero attached hydrogens (tertiary/aromatic N) is 1. The van der Waals surface area contributed by atoms with E-state index in [-0.39, 0.29) is 6.10 Å². The predicted octanol–water partition coefficient (Wildman–Crippen LogP) is 2.72. The molecule has 1 aliphatic rings. The van der Waals surface area contributed by atoms with Gasteiger partial charge < -0.3 is 20.1 Å². The van der Waals surface area contributed by atoms with Gasteiger partial charge in [0.05, 0.1) is 6.10 Å². The topological polar surface area (TPSA) is 44.7 Å².